The molecule has 23 heavy (non-hydrogen) atoms. The highest BCUT2D eigenvalue weighted by molar-refractivity contribution is 5.27. The van der Waals surface area contributed by atoms with Crippen molar-refractivity contribution in [2.75, 3.05) is 0 Å². The Morgan fingerprint density at radius 3 is 2.43 bits per heavy atom. The van der Waals surface area contributed by atoms with Crippen LogP contribution < -0.4 is 0 Å². The third kappa shape index (κ3) is 4.28. The van der Waals surface area contributed by atoms with Gasteiger partial charge in [0.1, 0.15) is 5.82 Å². The van der Waals surface area contributed by atoms with Crippen molar-refractivity contribution in [3.8, 4) is 0 Å². The molecule has 3 aromatic rings. The number of benzene rings is 2. The molecule has 1 unspecified atom stereocenters. The van der Waals surface area contributed by atoms with Gasteiger partial charge in [-0.3, -0.25) is 0 Å². The lowest BCUT2D eigenvalue weighted by Gasteiger charge is -2.15. The molecule has 1 aromatic heterocycles. The summed E-state index contributed by atoms with van der Waals surface area (Å²) in [7, 11) is 0. The van der Waals surface area contributed by atoms with Gasteiger partial charge in [0.05, 0.1) is 12.0 Å². The van der Waals surface area contributed by atoms with Crippen LogP contribution in [0.15, 0.2) is 67.1 Å². The molecule has 118 valence electrons. The third-order valence-corrected chi connectivity index (χ3v) is 4.20. The van der Waals surface area contributed by atoms with Gasteiger partial charge in [-0.05, 0) is 42.5 Å². The summed E-state index contributed by atoms with van der Waals surface area (Å²) in [5.74, 6) is 0.0243. The molecule has 1 atom stereocenters. The first-order valence-electron chi connectivity index (χ1n) is 8.11. The summed E-state index contributed by atoms with van der Waals surface area (Å²) in [5, 5.41) is 0. The van der Waals surface area contributed by atoms with Crippen LogP contribution in [0, 0.1) is 5.82 Å². The maximum Gasteiger partial charge on any atom is 0.123 e. The van der Waals surface area contributed by atoms with E-state index in [9.17, 15) is 4.39 Å². The number of aromatic amines is 1. The van der Waals surface area contributed by atoms with E-state index in [2.05, 4.69) is 34.2 Å². The summed E-state index contributed by atoms with van der Waals surface area (Å²) < 4.78 is 13.2. The molecule has 0 fully saturated rings. The quantitative estimate of drug-likeness (QED) is 0.605. The Labute approximate surface area is 136 Å². The smallest absolute Gasteiger partial charge is 0.123 e. The van der Waals surface area contributed by atoms with Crippen LogP contribution in [0.1, 0.15) is 42.0 Å². The van der Waals surface area contributed by atoms with Gasteiger partial charge in [-0.2, -0.15) is 0 Å². The van der Waals surface area contributed by atoms with E-state index in [0.717, 1.165) is 36.9 Å². The van der Waals surface area contributed by atoms with Gasteiger partial charge in [-0.1, -0.05) is 48.9 Å². The molecule has 0 bridgehead atoms. The van der Waals surface area contributed by atoms with Crippen molar-refractivity contribution in [2.45, 2.75) is 31.6 Å². The Morgan fingerprint density at radius 1 is 0.957 bits per heavy atom. The van der Waals surface area contributed by atoms with Crippen LogP contribution >= 0.6 is 0 Å². The Bertz CT molecular complexity index is 690. The molecule has 1 N–H and O–H groups in total. The maximum atomic E-state index is 13.2. The molecule has 0 aliphatic carbocycles. The first kappa shape index (κ1) is 15.5. The van der Waals surface area contributed by atoms with Crippen LogP contribution in [0.2, 0.25) is 0 Å². The maximum absolute atomic E-state index is 13.2. The molecule has 0 saturated carbocycles. The molecule has 0 saturated heterocycles. The second-order valence-corrected chi connectivity index (χ2v) is 5.83. The van der Waals surface area contributed by atoms with E-state index in [1.165, 1.54) is 17.7 Å². The number of unbranched alkanes of at least 4 members (excludes halogenated alkanes) is 1. The van der Waals surface area contributed by atoms with Crippen LogP contribution in [0.5, 0.6) is 0 Å². The van der Waals surface area contributed by atoms with Crippen molar-refractivity contribution in [2.24, 2.45) is 0 Å². The zero-order chi connectivity index (χ0) is 15.9. The predicted octanol–water partition coefficient (Wildman–Crippen LogP) is 5.09. The summed E-state index contributed by atoms with van der Waals surface area (Å²) in [5.41, 5.74) is 3.53. The van der Waals surface area contributed by atoms with Crippen molar-refractivity contribution in [3.63, 3.8) is 0 Å². The van der Waals surface area contributed by atoms with E-state index in [1.54, 1.807) is 6.33 Å². The van der Waals surface area contributed by atoms with E-state index in [0.29, 0.717) is 0 Å². The molecule has 2 nitrogen and oxygen atoms in total. The first-order chi connectivity index (χ1) is 11.3. The largest absolute Gasteiger partial charge is 0.351 e. The van der Waals surface area contributed by atoms with Crippen molar-refractivity contribution < 1.29 is 4.39 Å². The molecule has 0 amide bonds. The Balaban J connectivity index is 1.62. The number of hydrogen-bond donors (Lipinski definition) is 1. The van der Waals surface area contributed by atoms with Gasteiger partial charge < -0.3 is 4.98 Å². The number of aryl methyl sites for hydroxylation is 1. The number of hydrogen-bond acceptors (Lipinski definition) is 1. The molecule has 0 spiro atoms. The zero-order valence-corrected chi connectivity index (χ0v) is 13.1. The second kappa shape index (κ2) is 7.73. The molecular formula is C20H21FN2. The summed E-state index contributed by atoms with van der Waals surface area (Å²) in [6.45, 7) is 0. The minimum atomic E-state index is -0.196. The number of rotatable bonds is 7. The number of H-pyrrole nitrogens is 1. The third-order valence-electron chi connectivity index (χ3n) is 4.20. The normalized spacial score (nSPS) is 12.2. The number of nitrogens with zero attached hydrogens (tertiary/aromatic N) is 1. The fraction of sp³-hybridized carbons (Fsp3) is 0.250. The highest BCUT2D eigenvalue weighted by atomic mass is 19.1. The average Bonchev–Trinajstić information content (AvgIpc) is 3.11. The van der Waals surface area contributed by atoms with E-state index < -0.39 is 0 Å². The lowest BCUT2D eigenvalue weighted by molar-refractivity contribution is 0.609. The van der Waals surface area contributed by atoms with Crippen molar-refractivity contribution >= 4 is 0 Å². The van der Waals surface area contributed by atoms with E-state index in [-0.39, 0.29) is 11.7 Å². The van der Waals surface area contributed by atoms with E-state index >= 15 is 0 Å². The first-order valence-corrected chi connectivity index (χ1v) is 8.11. The average molecular weight is 308 g/mol. The molecule has 0 radical (unpaired) electrons. The Morgan fingerprint density at radius 2 is 1.74 bits per heavy atom. The van der Waals surface area contributed by atoms with E-state index in [1.807, 2.05) is 24.4 Å². The molecular weight excluding hydrogens is 287 g/mol. The summed E-state index contributed by atoms with van der Waals surface area (Å²) in [4.78, 5) is 7.43. The number of nitrogens with one attached hydrogen (secondary N) is 1. The minimum absolute atomic E-state index is 0.196. The van der Waals surface area contributed by atoms with Gasteiger partial charge >= 0.3 is 0 Å². The van der Waals surface area contributed by atoms with Crippen LogP contribution in [0.4, 0.5) is 4.39 Å². The van der Waals surface area contributed by atoms with Gasteiger partial charge in [0.25, 0.3) is 0 Å². The number of aromatic nitrogens is 2. The topological polar surface area (TPSA) is 28.7 Å². The predicted molar refractivity (Wildman–Crippen MR) is 90.8 cm³/mol. The van der Waals surface area contributed by atoms with Crippen LogP contribution in [0.25, 0.3) is 0 Å². The highest BCUT2D eigenvalue weighted by Gasteiger charge is 2.15. The SMILES string of the molecule is Fc1ccc(C(CCCCc2ccccc2)c2c[nH]cn2)cc1. The van der Waals surface area contributed by atoms with E-state index in [4.69, 9.17) is 0 Å². The Hall–Kier alpha value is -2.42. The molecule has 3 rings (SSSR count). The zero-order valence-electron chi connectivity index (χ0n) is 13.1. The van der Waals surface area contributed by atoms with Crippen LogP contribution in [0.3, 0.4) is 0 Å². The number of imidazole rings is 1. The summed E-state index contributed by atoms with van der Waals surface area (Å²) in [6.07, 6.45) is 8.01. The number of halogens is 1. The highest BCUT2D eigenvalue weighted by Crippen LogP contribution is 2.28. The van der Waals surface area contributed by atoms with Crippen LogP contribution in [-0.2, 0) is 6.42 Å². The summed E-state index contributed by atoms with van der Waals surface area (Å²) in [6, 6.07) is 17.3. The van der Waals surface area contributed by atoms with Gasteiger partial charge in [0, 0.05) is 12.1 Å². The molecule has 0 aliphatic rings. The standard InChI is InChI=1S/C20H21FN2/c21-18-12-10-17(11-13-18)19(20-14-22-15-23-20)9-5-4-8-16-6-2-1-3-7-16/h1-3,6-7,10-15,19H,4-5,8-9H2,(H,22,23). The molecule has 1 heterocycles. The van der Waals surface area contributed by atoms with Gasteiger partial charge in [-0.15, -0.1) is 0 Å². The molecule has 0 aliphatic heterocycles. The second-order valence-electron chi connectivity index (χ2n) is 5.83. The monoisotopic (exact) mass is 308 g/mol. The van der Waals surface area contributed by atoms with Gasteiger partial charge in [-0.25, -0.2) is 9.37 Å². The molecule has 2 aromatic carbocycles. The minimum Gasteiger partial charge on any atom is -0.351 e. The van der Waals surface area contributed by atoms with Gasteiger partial charge in [0.2, 0.25) is 0 Å². The lowest BCUT2D eigenvalue weighted by atomic mass is 9.90. The molecule has 3 heteroatoms. The lowest BCUT2D eigenvalue weighted by Crippen LogP contribution is -2.02. The van der Waals surface area contributed by atoms with Crippen molar-refractivity contribution in [1.29, 1.82) is 0 Å². The Kier molecular flexibility index (Phi) is 5.20. The summed E-state index contributed by atoms with van der Waals surface area (Å²) >= 11 is 0. The fourth-order valence-electron chi connectivity index (χ4n) is 2.96. The van der Waals surface area contributed by atoms with Crippen LogP contribution in [-0.4, -0.2) is 9.97 Å². The fourth-order valence-corrected chi connectivity index (χ4v) is 2.96. The van der Waals surface area contributed by atoms with Gasteiger partial charge in [0.15, 0.2) is 0 Å². The van der Waals surface area contributed by atoms with Crippen molar-refractivity contribution in [1.82, 2.24) is 9.97 Å². The van der Waals surface area contributed by atoms with Crippen molar-refractivity contribution in [3.05, 3.63) is 89.8 Å².